The molecule has 1 aliphatic heterocycles. The van der Waals surface area contributed by atoms with Crippen LogP contribution in [0.1, 0.15) is 72.8 Å². The van der Waals surface area contributed by atoms with Crippen LogP contribution in [0.25, 0.3) is 0 Å². The molecule has 0 aromatic heterocycles. The summed E-state index contributed by atoms with van der Waals surface area (Å²) in [5, 5.41) is 40.7. The second-order valence-electron chi connectivity index (χ2n) is 9.21. The molecule has 2 aromatic carbocycles. The van der Waals surface area contributed by atoms with Crippen molar-refractivity contribution in [1.29, 1.82) is 0 Å². The molecular weight excluding hydrogens is 428 g/mol. The Bertz CT molecular complexity index is 876. The Kier molecular flexibility index (Phi) is 7.87. The van der Waals surface area contributed by atoms with E-state index in [-0.39, 0.29) is 0 Å². The molecule has 1 saturated carbocycles. The van der Waals surface area contributed by atoms with Crippen LogP contribution in [0.4, 0.5) is 0 Å². The summed E-state index contributed by atoms with van der Waals surface area (Å²) >= 11 is 6.47. The van der Waals surface area contributed by atoms with Crippen molar-refractivity contribution in [2.24, 2.45) is 0 Å². The maximum Gasteiger partial charge on any atom is 0.113 e. The van der Waals surface area contributed by atoms with E-state index < -0.39 is 37.1 Å². The van der Waals surface area contributed by atoms with Gasteiger partial charge in [0.05, 0.1) is 6.61 Å². The summed E-state index contributed by atoms with van der Waals surface area (Å²) in [5.41, 5.74) is 4.10. The van der Waals surface area contributed by atoms with Crippen LogP contribution in [-0.2, 0) is 11.2 Å². The zero-order chi connectivity index (χ0) is 22.7. The number of aliphatic hydroxyl groups is 4. The summed E-state index contributed by atoms with van der Waals surface area (Å²) < 4.78 is 5.70. The highest BCUT2D eigenvalue weighted by molar-refractivity contribution is 6.31. The third-order valence-electron chi connectivity index (χ3n) is 6.99. The predicted octanol–water partition coefficient (Wildman–Crippen LogP) is 3.88. The summed E-state index contributed by atoms with van der Waals surface area (Å²) in [6.07, 6.45) is 2.61. The quantitative estimate of drug-likeness (QED) is 0.508. The van der Waals surface area contributed by atoms with Gasteiger partial charge in [0.2, 0.25) is 0 Å². The van der Waals surface area contributed by atoms with Crippen molar-refractivity contribution in [3.63, 3.8) is 0 Å². The zero-order valence-corrected chi connectivity index (χ0v) is 19.0. The van der Waals surface area contributed by atoms with Crippen molar-refractivity contribution in [2.75, 3.05) is 6.61 Å². The number of aliphatic hydroxyl groups excluding tert-OH is 4. The van der Waals surface area contributed by atoms with Gasteiger partial charge in [0.25, 0.3) is 0 Å². The largest absolute Gasteiger partial charge is 0.394 e. The lowest BCUT2D eigenvalue weighted by Crippen LogP contribution is -2.55. The lowest BCUT2D eigenvalue weighted by molar-refractivity contribution is -0.231. The monoisotopic (exact) mass is 460 g/mol. The molecule has 174 valence electrons. The third kappa shape index (κ3) is 5.19. The third-order valence-corrected chi connectivity index (χ3v) is 7.36. The molecule has 4 rings (SSSR count). The standard InChI is InChI=1S/C26H33ClO5/c27-21-12-11-19(26-25(31)24(30)23(29)22(15-28)32-26)14-20(21)13-16-7-9-18(10-8-16)17-5-3-1-2-4-6-17/h7-12,14,17,22-26,28-31H,1-6,13,15H2. The predicted molar refractivity (Wildman–Crippen MR) is 124 cm³/mol. The number of rotatable bonds is 5. The average molecular weight is 461 g/mol. The van der Waals surface area contributed by atoms with Gasteiger partial charge in [-0.05, 0) is 53.5 Å². The Balaban J connectivity index is 1.50. The van der Waals surface area contributed by atoms with Crippen LogP contribution in [0.2, 0.25) is 5.02 Å². The van der Waals surface area contributed by atoms with Crippen LogP contribution in [0, 0.1) is 0 Å². The molecule has 2 fully saturated rings. The maximum absolute atomic E-state index is 10.4. The Hall–Kier alpha value is -1.47. The van der Waals surface area contributed by atoms with Gasteiger partial charge >= 0.3 is 0 Å². The van der Waals surface area contributed by atoms with Crippen LogP contribution < -0.4 is 0 Å². The molecule has 2 aromatic rings. The minimum absolute atomic E-state index is 0.449. The van der Waals surface area contributed by atoms with Gasteiger partial charge in [-0.1, -0.05) is 73.7 Å². The smallest absolute Gasteiger partial charge is 0.113 e. The molecule has 1 heterocycles. The van der Waals surface area contributed by atoms with Crippen molar-refractivity contribution >= 4 is 11.6 Å². The number of benzene rings is 2. The van der Waals surface area contributed by atoms with Crippen molar-refractivity contribution in [3.8, 4) is 0 Å². The first kappa shape index (κ1) is 23.7. The minimum Gasteiger partial charge on any atom is -0.394 e. The summed E-state index contributed by atoms with van der Waals surface area (Å²) in [5.74, 6) is 0.657. The van der Waals surface area contributed by atoms with E-state index in [4.69, 9.17) is 16.3 Å². The molecule has 4 N–H and O–H groups in total. The number of hydrogen-bond acceptors (Lipinski definition) is 5. The van der Waals surface area contributed by atoms with Crippen LogP contribution >= 0.6 is 11.6 Å². The van der Waals surface area contributed by atoms with Crippen molar-refractivity contribution in [3.05, 3.63) is 69.7 Å². The fourth-order valence-electron chi connectivity index (χ4n) is 5.02. The lowest BCUT2D eigenvalue weighted by Gasteiger charge is -2.40. The fourth-order valence-corrected chi connectivity index (χ4v) is 5.21. The van der Waals surface area contributed by atoms with Gasteiger partial charge in [-0.2, -0.15) is 0 Å². The summed E-state index contributed by atoms with van der Waals surface area (Å²) in [6, 6.07) is 14.2. The van der Waals surface area contributed by atoms with Crippen molar-refractivity contribution < 1.29 is 25.2 Å². The molecule has 6 heteroatoms. The summed E-state index contributed by atoms with van der Waals surface area (Å²) in [7, 11) is 0. The number of hydrogen-bond donors (Lipinski definition) is 4. The van der Waals surface area contributed by atoms with Gasteiger partial charge in [0.1, 0.15) is 30.5 Å². The van der Waals surface area contributed by atoms with Crippen molar-refractivity contribution in [1.82, 2.24) is 0 Å². The molecule has 5 nitrogen and oxygen atoms in total. The molecular formula is C26H33ClO5. The minimum atomic E-state index is -1.40. The molecule has 0 amide bonds. The molecule has 0 spiro atoms. The Morgan fingerprint density at radius 1 is 0.812 bits per heavy atom. The molecule has 0 radical (unpaired) electrons. The first-order valence-electron chi connectivity index (χ1n) is 11.7. The molecule has 1 aliphatic carbocycles. The maximum atomic E-state index is 10.4. The van der Waals surface area contributed by atoms with Crippen LogP contribution in [-0.4, -0.2) is 51.4 Å². The molecule has 5 atom stereocenters. The fraction of sp³-hybridized carbons (Fsp3) is 0.538. The Morgan fingerprint density at radius 3 is 2.12 bits per heavy atom. The molecule has 32 heavy (non-hydrogen) atoms. The van der Waals surface area contributed by atoms with Gasteiger partial charge in [-0.25, -0.2) is 0 Å². The van der Waals surface area contributed by atoms with Crippen LogP contribution in [0.3, 0.4) is 0 Å². The van der Waals surface area contributed by atoms with E-state index in [9.17, 15) is 20.4 Å². The van der Waals surface area contributed by atoms with E-state index >= 15 is 0 Å². The Morgan fingerprint density at radius 2 is 1.47 bits per heavy atom. The SMILES string of the molecule is OCC1OC(c2ccc(Cl)c(Cc3ccc(C4CCCCCC4)cc3)c2)C(O)C(O)C1O. The first-order valence-corrected chi connectivity index (χ1v) is 12.0. The highest BCUT2D eigenvalue weighted by Crippen LogP contribution is 2.35. The van der Waals surface area contributed by atoms with E-state index in [0.717, 1.165) is 11.1 Å². The Labute approximate surface area is 194 Å². The molecule has 2 aliphatic rings. The van der Waals surface area contributed by atoms with E-state index in [2.05, 4.69) is 24.3 Å². The summed E-state index contributed by atoms with van der Waals surface area (Å²) in [4.78, 5) is 0. The van der Waals surface area contributed by atoms with E-state index in [1.807, 2.05) is 6.07 Å². The number of halogens is 1. The highest BCUT2D eigenvalue weighted by Gasteiger charge is 2.44. The normalized spacial score (nSPS) is 29.6. The van der Waals surface area contributed by atoms with E-state index in [0.29, 0.717) is 22.9 Å². The first-order chi connectivity index (χ1) is 15.5. The second kappa shape index (κ2) is 10.6. The van der Waals surface area contributed by atoms with E-state index in [1.54, 1.807) is 12.1 Å². The molecule has 0 bridgehead atoms. The summed E-state index contributed by atoms with van der Waals surface area (Å²) in [6.45, 7) is -0.449. The lowest BCUT2D eigenvalue weighted by atomic mass is 9.89. The second-order valence-corrected chi connectivity index (χ2v) is 9.61. The molecule has 1 saturated heterocycles. The van der Waals surface area contributed by atoms with Gasteiger partial charge in [-0.15, -0.1) is 0 Å². The number of ether oxygens (including phenoxy) is 1. The van der Waals surface area contributed by atoms with Gasteiger partial charge < -0.3 is 25.2 Å². The molecule has 5 unspecified atom stereocenters. The topological polar surface area (TPSA) is 90.2 Å². The van der Waals surface area contributed by atoms with Gasteiger partial charge in [-0.3, -0.25) is 0 Å². The van der Waals surface area contributed by atoms with Gasteiger partial charge in [0, 0.05) is 5.02 Å². The van der Waals surface area contributed by atoms with Crippen molar-refractivity contribution in [2.45, 2.75) is 81.4 Å². The van der Waals surface area contributed by atoms with E-state index in [1.165, 1.54) is 44.1 Å². The average Bonchev–Trinajstić information content (AvgIpc) is 3.10. The van der Waals surface area contributed by atoms with Gasteiger partial charge in [0.15, 0.2) is 0 Å². The highest BCUT2D eigenvalue weighted by atomic mass is 35.5. The van der Waals surface area contributed by atoms with Crippen LogP contribution in [0.15, 0.2) is 42.5 Å². The zero-order valence-electron chi connectivity index (χ0n) is 18.2. The van der Waals surface area contributed by atoms with Crippen LogP contribution in [0.5, 0.6) is 0 Å².